The molecule has 262 valence electrons. The van der Waals surface area contributed by atoms with Gasteiger partial charge in [0.25, 0.3) is 17.5 Å². The standard InChI is InChI=1S/C40H34N4O8/c1-22-8-11-25(12-9-22)41-43-37(47)31-21-30-28(17-18-29-34(30)38(48)42(36(29)46)26-13-15-27(16-14-26)44(50)51)35(23-10-19-32(45)33(20-23)52-2)40(31,39(43)49)24-6-4-3-5-7-24/h3-17,19-20,29-31,34-35,41,45H,18,21H2,1-2H3. The number of anilines is 2. The summed E-state index contributed by atoms with van der Waals surface area (Å²) in [5.41, 5.74) is 5.17. The fraction of sp³-hybridized carbons (Fsp3) is 0.250. The van der Waals surface area contributed by atoms with E-state index in [4.69, 9.17) is 4.74 Å². The average Bonchev–Trinajstić information content (AvgIpc) is 3.53. The van der Waals surface area contributed by atoms with E-state index in [9.17, 15) is 29.6 Å². The lowest BCUT2D eigenvalue weighted by molar-refractivity contribution is -0.384. The molecule has 2 aliphatic carbocycles. The molecule has 2 saturated heterocycles. The van der Waals surface area contributed by atoms with Gasteiger partial charge in [0, 0.05) is 18.1 Å². The van der Waals surface area contributed by atoms with Crippen molar-refractivity contribution in [1.29, 1.82) is 0 Å². The Labute approximate surface area is 298 Å². The third-order valence-corrected chi connectivity index (χ3v) is 11.2. The van der Waals surface area contributed by atoms with E-state index in [1.807, 2.05) is 55.5 Å². The van der Waals surface area contributed by atoms with Gasteiger partial charge in [0.2, 0.25) is 11.8 Å². The van der Waals surface area contributed by atoms with Crippen LogP contribution in [0, 0.1) is 40.7 Å². The number of nitrogens with one attached hydrogen (secondary N) is 1. The average molecular weight is 699 g/mol. The number of nitro benzene ring substituents is 1. The van der Waals surface area contributed by atoms with Crippen molar-refractivity contribution in [3.8, 4) is 11.5 Å². The van der Waals surface area contributed by atoms with E-state index in [-0.39, 0.29) is 35.7 Å². The molecular formula is C40H34N4O8. The van der Waals surface area contributed by atoms with Crippen LogP contribution in [0.4, 0.5) is 17.1 Å². The van der Waals surface area contributed by atoms with Crippen LogP contribution in [0.1, 0.15) is 35.4 Å². The second kappa shape index (κ2) is 12.2. The molecule has 1 saturated carbocycles. The van der Waals surface area contributed by atoms with Crippen molar-refractivity contribution in [2.24, 2.45) is 23.7 Å². The lowest BCUT2D eigenvalue weighted by atomic mass is 9.49. The summed E-state index contributed by atoms with van der Waals surface area (Å²) < 4.78 is 5.52. The maximum absolute atomic E-state index is 15.2. The van der Waals surface area contributed by atoms with Gasteiger partial charge in [0.15, 0.2) is 11.5 Å². The maximum Gasteiger partial charge on any atom is 0.269 e. The van der Waals surface area contributed by atoms with Crippen LogP contribution in [-0.2, 0) is 24.6 Å². The minimum absolute atomic E-state index is 0.103. The van der Waals surface area contributed by atoms with Gasteiger partial charge in [-0.2, -0.15) is 5.01 Å². The highest BCUT2D eigenvalue weighted by Crippen LogP contribution is 2.64. The van der Waals surface area contributed by atoms with Gasteiger partial charge in [0.1, 0.15) is 0 Å². The van der Waals surface area contributed by atoms with Gasteiger partial charge in [-0.1, -0.05) is 65.7 Å². The summed E-state index contributed by atoms with van der Waals surface area (Å²) in [6.07, 6.45) is 2.26. The predicted octanol–water partition coefficient (Wildman–Crippen LogP) is 5.81. The number of benzene rings is 4. The van der Waals surface area contributed by atoms with Crippen molar-refractivity contribution in [3.05, 3.63) is 136 Å². The first-order valence-corrected chi connectivity index (χ1v) is 17.0. The van der Waals surface area contributed by atoms with Gasteiger partial charge in [-0.3, -0.25) is 39.6 Å². The monoisotopic (exact) mass is 698 g/mol. The zero-order valence-electron chi connectivity index (χ0n) is 28.3. The molecule has 0 radical (unpaired) electrons. The number of nitrogens with zero attached hydrogens (tertiary/aromatic N) is 3. The highest BCUT2D eigenvalue weighted by atomic mass is 16.6. The number of hydrogen-bond acceptors (Lipinski definition) is 9. The number of phenols is 1. The second-order valence-electron chi connectivity index (χ2n) is 13.8. The van der Waals surface area contributed by atoms with Gasteiger partial charge in [-0.25, -0.2) is 0 Å². The number of hydrazine groups is 1. The Balaban J connectivity index is 1.30. The molecule has 12 nitrogen and oxygen atoms in total. The van der Waals surface area contributed by atoms with Gasteiger partial charge in [0.05, 0.1) is 46.6 Å². The zero-order valence-corrected chi connectivity index (χ0v) is 28.3. The normalized spacial score (nSPS) is 26.4. The van der Waals surface area contributed by atoms with Crippen molar-refractivity contribution in [2.75, 3.05) is 17.4 Å². The van der Waals surface area contributed by atoms with Crippen LogP contribution in [0.2, 0.25) is 0 Å². The Morgan fingerprint density at radius 3 is 2.27 bits per heavy atom. The Bertz CT molecular complexity index is 2190. The molecule has 8 rings (SSSR count). The van der Waals surface area contributed by atoms with Gasteiger partial charge in [-0.05, 0) is 73.2 Å². The van der Waals surface area contributed by atoms with E-state index in [0.29, 0.717) is 16.8 Å². The molecule has 4 aromatic carbocycles. The molecule has 0 spiro atoms. The molecule has 52 heavy (non-hydrogen) atoms. The summed E-state index contributed by atoms with van der Waals surface area (Å²) >= 11 is 0. The van der Waals surface area contributed by atoms with Gasteiger partial charge >= 0.3 is 0 Å². The quantitative estimate of drug-likeness (QED) is 0.105. The van der Waals surface area contributed by atoms with E-state index in [1.54, 1.807) is 24.3 Å². The molecule has 2 heterocycles. The predicted molar refractivity (Wildman–Crippen MR) is 189 cm³/mol. The molecule has 4 aromatic rings. The molecule has 4 aliphatic rings. The molecule has 2 aliphatic heterocycles. The molecule has 0 bridgehead atoms. The summed E-state index contributed by atoms with van der Waals surface area (Å²) in [6.45, 7) is 1.94. The number of carbonyl (C=O) groups excluding carboxylic acids is 4. The van der Waals surface area contributed by atoms with Crippen LogP contribution in [0.15, 0.2) is 109 Å². The molecule has 4 amide bonds. The number of imide groups is 2. The highest BCUT2D eigenvalue weighted by molar-refractivity contribution is 6.22. The van der Waals surface area contributed by atoms with Crippen LogP contribution in [0.25, 0.3) is 0 Å². The molecule has 3 fully saturated rings. The van der Waals surface area contributed by atoms with Crippen molar-refractivity contribution in [2.45, 2.75) is 31.1 Å². The number of carbonyl (C=O) groups is 4. The van der Waals surface area contributed by atoms with E-state index in [0.717, 1.165) is 21.0 Å². The van der Waals surface area contributed by atoms with E-state index < -0.39 is 63.6 Å². The SMILES string of the molecule is COc1cc(C2C3=CCC4C(=O)N(c5ccc([N+](=O)[O-])cc5)C(=O)C4C3CC3C(=O)N(Nc4ccc(C)cc4)C(=O)C32c2ccccc2)ccc1O. The van der Waals surface area contributed by atoms with Crippen molar-refractivity contribution < 1.29 is 33.9 Å². The number of fused-ring (bicyclic) bond motifs is 4. The first-order valence-electron chi connectivity index (χ1n) is 17.0. The van der Waals surface area contributed by atoms with Crippen molar-refractivity contribution in [1.82, 2.24) is 5.01 Å². The number of aromatic hydroxyl groups is 1. The molecule has 6 atom stereocenters. The van der Waals surface area contributed by atoms with E-state index in [1.165, 1.54) is 37.4 Å². The summed E-state index contributed by atoms with van der Waals surface area (Å²) in [4.78, 5) is 70.3. The third kappa shape index (κ3) is 4.74. The number of amides is 4. The maximum atomic E-state index is 15.2. The second-order valence-corrected chi connectivity index (χ2v) is 13.8. The van der Waals surface area contributed by atoms with Gasteiger partial charge in [-0.15, -0.1) is 0 Å². The zero-order chi connectivity index (χ0) is 36.5. The Morgan fingerprint density at radius 1 is 0.885 bits per heavy atom. The largest absolute Gasteiger partial charge is 0.504 e. The molecule has 2 N–H and O–H groups in total. The fourth-order valence-electron chi connectivity index (χ4n) is 8.97. The van der Waals surface area contributed by atoms with E-state index in [2.05, 4.69) is 5.43 Å². The van der Waals surface area contributed by atoms with Crippen LogP contribution >= 0.6 is 0 Å². The summed E-state index contributed by atoms with van der Waals surface area (Å²) in [5.74, 6) is -5.67. The summed E-state index contributed by atoms with van der Waals surface area (Å²) in [6, 6.07) is 26.6. The molecule has 6 unspecified atom stereocenters. The molecular weight excluding hydrogens is 664 g/mol. The number of non-ortho nitro benzene ring substituents is 1. The molecule has 0 aromatic heterocycles. The summed E-state index contributed by atoms with van der Waals surface area (Å²) in [7, 11) is 1.43. The minimum atomic E-state index is -1.48. The Morgan fingerprint density at radius 2 is 1.60 bits per heavy atom. The lowest BCUT2D eigenvalue weighted by Crippen LogP contribution is -2.53. The lowest BCUT2D eigenvalue weighted by Gasteiger charge is -2.50. The number of nitro groups is 1. The van der Waals surface area contributed by atoms with Crippen LogP contribution in [0.3, 0.4) is 0 Å². The number of phenolic OH excluding ortho intramolecular Hbond substituents is 1. The van der Waals surface area contributed by atoms with Gasteiger partial charge < -0.3 is 9.84 Å². The first kappa shape index (κ1) is 32.9. The molecule has 12 heteroatoms. The number of aryl methyl sites for hydroxylation is 1. The minimum Gasteiger partial charge on any atom is -0.504 e. The third-order valence-electron chi connectivity index (χ3n) is 11.2. The topological polar surface area (TPSA) is 159 Å². The van der Waals surface area contributed by atoms with Crippen molar-refractivity contribution in [3.63, 3.8) is 0 Å². The highest BCUT2D eigenvalue weighted by Gasteiger charge is 2.70. The fourth-order valence-corrected chi connectivity index (χ4v) is 8.97. The van der Waals surface area contributed by atoms with E-state index >= 15 is 4.79 Å². The number of ether oxygens (including phenoxy) is 1. The van der Waals surface area contributed by atoms with Crippen molar-refractivity contribution >= 4 is 40.7 Å². The number of methoxy groups -OCH3 is 1. The summed E-state index contributed by atoms with van der Waals surface area (Å²) in [5, 5.41) is 23.0. The Hall–Kier alpha value is -6.30. The van der Waals surface area contributed by atoms with Crippen LogP contribution < -0.4 is 15.1 Å². The first-order chi connectivity index (χ1) is 25.1. The van der Waals surface area contributed by atoms with Crippen LogP contribution in [0.5, 0.6) is 11.5 Å². The Kier molecular flexibility index (Phi) is 7.70. The number of rotatable bonds is 7. The smallest absolute Gasteiger partial charge is 0.269 e. The number of hydrogen-bond donors (Lipinski definition) is 2. The number of allylic oxidation sites excluding steroid dienone is 2. The van der Waals surface area contributed by atoms with Crippen LogP contribution in [-0.4, -0.2) is 45.8 Å².